The quantitative estimate of drug-likeness (QED) is 0.416. The number of hydrogen-bond acceptors (Lipinski definition) is 3. The van der Waals surface area contributed by atoms with Gasteiger partial charge in [-0.25, -0.2) is 0 Å². The van der Waals surface area contributed by atoms with E-state index in [1.807, 2.05) is 50.5 Å². The van der Waals surface area contributed by atoms with Gasteiger partial charge in [0.05, 0.1) is 11.4 Å². The molecule has 0 aliphatic carbocycles. The first kappa shape index (κ1) is 17.2. The fourth-order valence-electron chi connectivity index (χ4n) is 2.42. The van der Waals surface area contributed by atoms with E-state index in [9.17, 15) is 0 Å². The molecule has 0 bridgehead atoms. The first-order valence-electron chi connectivity index (χ1n) is 8.47. The maximum Gasteiger partial charge on any atom is 0.0858 e. The minimum atomic E-state index is 0.874. The molecule has 0 aromatic heterocycles. The Morgan fingerprint density at radius 3 is 1.83 bits per heavy atom. The lowest BCUT2D eigenvalue weighted by Crippen LogP contribution is -2.07. The van der Waals surface area contributed by atoms with E-state index in [0.29, 0.717) is 0 Å². The zero-order valence-corrected chi connectivity index (χ0v) is 14.5. The molecular weight excluding hydrogens is 282 g/mol. The molecule has 0 aliphatic rings. The average molecular weight is 309 g/mol. The third-order valence-corrected chi connectivity index (χ3v) is 3.90. The number of rotatable bonds is 8. The van der Waals surface area contributed by atoms with Crippen LogP contribution in [0.1, 0.15) is 38.2 Å². The van der Waals surface area contributed by atoms with Crippen LogP contribution in [0.25, 0.3) is 0 Å². The molecule has 0 unspecified atom stereocenters. The van der Waals surface area contributed by atoms with Crippen LogP contribution in [-0.4, -0.2) is 14.1 Å². The predicted octanol–water partition coefficient (Wildman–Crippen LogP) is 6.29. The minimum Gasteiger partial charge on any atom is -0.378 e. The minimum absolute atomic E-state index is 0.874. The number of anilines is 1. The van der Waals surface area contributed by atoms with Crippen molar-refractivity contribution >= 4 is 17.1 Å². The van der Waals surface area contributed by atoms with Gasteiger partial charge in [0.1, 0.15) is 0 Å². The molecule has 0 amide bonds. The van der Waals surface area contributed by atoms with Gasteiger partial charge in [0.2, 0.25) is 0 Å². The van der Waals surface area contributed by atoms with E-state index in [1.165, 1.54) is 31.2 Å². The van der Waals surface area contributed by atoms with Crippen molar-refractivity contribution in [2.24, 2.45) is 10.2 Å². The lowest BCUT2D eigenvalue weighted by molar-refractivity contribution is 0.667. The van der Waals surface area contributed by atoms with E-state index in [2.05, 4.69) is 34.2 Å². The third-order valence-electron chi connectivity index (χ3n) is 3.90. The monoisotopic (exact) mass is 309 g/mol. The molecule has 0 fully saturated rings. The van der Waals surface area contributed by atoms with Crippen LogP contribution in [0.3, 0.4) is 0 Å². The highest BCUT2D eigenvalue weighted by Gasteiger charge is 1.97. The Morgan fingerprint density at radius 2 is 1.30 bits per heavy atom. The third kappa shape index (κ3) is 5.85. The summed E-state index contributed by atoms with van der Waals surface area (Å²) >= 11 is 0. The molecule has 0 N–H and O–H groups in total. The molecule has 3 heteroatoms. The van der Waals surface area contributed by atoms with Gasteiger partial charge in [0.25, 0.3) is 0 Å². The molecule has 2 rings (SSSR count). The normalized spacial score (nSPS) is 11.1. The second-order valence-corrected chi connectivity index (χ2v) is 6.09. The van der Waals surface area contributed by atoms with Gasteiger partial charge in [0, 0.05) is 19.8 Å². The van der Waals surface area contributed by atoms with E-state index >= 15 is 0 Å². The van der Waals surface area contributed by atoms with E-state index in [4.69, 9.17) is 0 Å². The summed E-state index contributed by atoms with van der Waals surface area (Å²) in [7, 11) is 4.06. The molecule has 3 nitrogen and oxygen atoms in total. The summed E-state index contributed by atoms with van der Waals surface area (Å²) in [6, 6.07) is 16.5. The van der Waals surface area contributed by atoms with Crippen LogP contribution < -0.4 is 4.90 Å². The van der Waals surface area contributed by atoms with Gasteiger partial charge in [0.15, 0.2) is 0 Å². The number of aryl methyl sites for hydroxylation is 1. The Bertz CT molecular complexity index is 598. The molecule has 2 aromatic carbocycles. The number of unbranched alkanes of at least 4 members (excludes halogenated alkanes) is 3. The zero-order chi connectivity index (χ0) is 16.5. The van der Waals surface area contributed by atoms with Crippen LogP contribution in [-0.2, 0) is 6.42 Å². The summed E-state index contributed by atoms with van der Waals surface area (Å²) in [5, 5.41) is 8.61. The van der Waals surface area contributed by atoms with Crippen molar-refractivity contribution in [3.63, 3.8) is 0 Å². The van der Waals surface area contributed by atoms with Crippen LogP contribution in [0.4, 0.5) is 17.1 Å². The van der Waals surface area contributed by atoms with Crippen molar-refractivity contribution in [3.05, 3.63) is 54.1 Å². The van der Waals surface area contributed by atoms with Gasteiger partial charge in [-0.3, -0.25) is 0 Å². The van der Waals surface area contributed by atoms with Crippen LogP contribution in [0.2, 0.25) is 0 Å². The lowest BCUT2D eigenvalue weighted by atomic mass is 10.1. The largest absolute Gasteiger partial charge is 0.378 e. The highest BCUT2D eigenvalue weighted by molar-refractivity contribution is 5.52. The van der Waals surface area contributed by atoms with Gasteiger partial charge < -0.3 is 4.90 Å². The second kappa shape index (κ2) is 9.09. The van der Waals surface area contributed by atoms with E-state index in [-0.39, 0.29) is 0 Å². The highest BCUT2D eigenvalue weighted by atomic mass is 15.1. The molecule has 0 spiro atoms. The molecule has 0 saturated heterocycles. The smallest absolute Gasteiger partial charge is 0.0858 e. The lowest BCUT2D eigenvalue weighted by Gasteiger charge is -2.11. The predicted molar refractivity (Wildman–Crippen MR) is 99.2 cm³/mol. The molecule has 0 aliphatic heterocycles. The van der Waals surface area contributed by atoms with Crippen LogP contribution >= 0.6 is 0 Å². The zero-order valence-electron chi connectivity index (χ0n) is 14.5. The highest BCUT2D eigenvalue weighted by Crippen LogP contribution is 2.22. The van der Waals surface area contributed by atoms with Crippen molar-refractivity contribution in [2.75, 3.05) is 19.0 Å². The molecule has 0 saturated carbocycles. The van der Waals surface area contributed by atoms with Crippen LogP contribution in [0, 0.1) is 0 Å². The van der Waals surface area contributed by atoms with E-state index in [0.717, 1.165) is 23.5 Å². The number of hydrogen-bond donors (Lipinski definition) is 0. The Hall–Kier alpha value is -2.16. The molecular formula is C20H27N3. The molecule has 122 valence electrons. The van der Waals surface area contributed by atoms with Crippen molar-refractivity contribution in [2.45, 2.75) is 39.0 Å². The van der Waals surface area contributed by atoms with Crippen molar-refractivity contribution in [1.82, 2.24) is 0 Å². The van der Waals surface area contributed by atoms with Crippen molar-refractivity contribution in [3.8, 4) is 0 Å². The van der Waals surface area contributed by atoms with Gasteiger partial charge in [-0.2, -0.15) is 10.2 Å². The van der Waals surface area contributed by atoms with Crippen molar-refractivity contribution < 1.29 is 0 Å². The Morgan fingerprint density at radius 1 is 0.739 bits per heavy atom. The molecule has 23 heavy (non-hydrogen) atoms. The molecule has 0 atom stereocenters. The van der Waals surface area contributed by atoms with Crippen molar-refractivity contribution in [1.29, 1.82) is 0 Å². The summed E-state index contributed by atoms with van der Waals surface area (Å²) in [4.78, 5) is 2.07. The van der Waals surface area contributed by atoms with Gasteiger partial charge in [-0.05, 0) is 54.8 Å². The first-order valence-corrected chi connectivity index (χ1v) is 8.47. The SMILES string of the molecule is CCCCCCc1ccc(N=Nc2ccc(N(C)C)cc2)cc1. The molecule has 2 aromatic rings. The first-order chi connectivity index (χ1) is 11.2. The van der Waals surface area contributed by atoms with E-state index in [1.54, 1.807) is 0 Å². The topological polar surface area (TPSA) is 28.0 Å². The maximum atomic E-state index is 4.31. The molecule has 0 heterocycles. The summed E-state index contributed by atoms with van der Waals surface area (Å²) in [5.41, 5.74) is 4.32. The van der Waals surface area contributed by atoms with Gasteiger partial charge >= 0.3 is 0 Å². The number of benzene rings is 2. The summed E-state index contributed by atoms with van der Waals surface area (Å²) in [6.07, 6.45) is 6.37. The maximum absolute atomic E-state index is 4.31. The Kier molecular flexibility index (Phi) is 6.79. The summed E-state index contributed by atoms with van der Waals surface area (Å²) in [6.45, 7) is 2.24. The van der Waals surface area contributed by atoms with Crippen LogP contribution in [0.15, 0.2) is 58.8 Å². The number of nitrogens with zero attached hydrogens (tertiary/aromatic N) is 3. The summed E-state index contributed by atoms with van der Waals surface area (Å²) < 4.78 is 0. The average Bonchev–Trinajstić information content (AvgIpc) is 2.58. The Balaban J connectivity index is 1.89. The Labute approximate surface area is 140 Å². The van der Waals surface area contributed by atoms with Gasteiger partial charge in [-0.1, -0.05) is 38.3 Å². The second-order valence-electron chi connectivity index (χ2n) is 6.09. The molecule has 0 radical (unpaired) electrons. The fraction of sp³-hybridized carbons (Fsp3) is 0.400. The van der Waals surface area contributed by atoms with E-state index < -0.39 is 0 Å². The van der Waals surface area contributed by atoms with Crippen LogP contribution in [0.5, 0.6) is 0 Å². The number of azo groups is 1. The fourth-order valence-corrected chi connectivity index (χ4v) is 2.42. The summed E-state index contributed by atoms with van der Waals surface area (Å²) in [5.74, 6) is 0. The standard InChI is InChI=1S/C20H27N3/c1-4-5-6-7-8-17-9-11-18(12-10-17)21-22-19-13-15-20(16-14-19)23(2)3/h9-16H,4-8H2,1-3H3. The van der Waals surface area contributed by atoms with Gasteiger partial charge in [-0.15, -0.1) is 0 Å².